The van der Waals surface area contributed by atoms with Crippen LogP contribution in [0.15, 0.2) is 29.0 Å². The lowest BCUT2D eigenvalue weighted by Crippen LogP contribution is -2.28. The Morgan fingerprint density at radius 3 is 2.89 bits per heavy atom. The third-order valence-corrected chi connectivity index (χ3v) is 3.01. The number of nitrogens with zero attached hydrogens (tertiary/aromatic N) is 3. The van der Waals surface area contributed by atoms with Gasteiger partial charge in [0, 0.05) is 24.5 Å². The second kappa shape index (κ2) is 7.43. The van der Waals surface area contributed by atoms with E-state index >= 15 is 0 Å². The van der Waals surface area contributed by atoms with Gasteiger partial charge in [0.2, 0.25) is 11.7 Å². The first-order valence-corrected chi connectivity index (χ1v) is 5.88. The van der Waals surface area contributed by atoms with Gasteiger partial charge < -0.3 is 9.84 Å². The fraction of sp³-hybridized carbons (Fsp3) is 0.417. The average Bonchev–Trinajstić information content (AvgIpc) is 2.90. The van der Waals surface area contributed by atoms with Gasteiger partial charge in [0.25, 0.3) is 0 Å². The molecule has 0 unspecified atom stereocenters. The molecular weight excluding hydrogens is 287 g/mol. The molecule has 0 radical (unpaired) electrons. The maximum Gasteiger partial charge on any atom is 0.231 e. The number of aromatic nitrogens is 3. The molecule has 104 valence electrons. The zero-order valence-corrected chi connectivity index (χ0v) is 11.9. The number of piperidine rings is 1. The summed E-state index contributed by atoms with van der Waals surface area (Å²) in [4.78, 5) is 8.50. The van der Waals surface area contributed by atoms with E-state index in [4.69, 9.17) is 4.52 Å². The predicted octanol–water partition coefficient (Wildman–Crippen LogP) is 2.44. The number of halogens is 2. The van der Waals surface area contributed by atoms with Crippen LogP contribution < -0.4 is 5.32 Å². The fourth-order valence-corrected chi connectivity index (χ4v) is 2.08. The monoisotopic (exact) mass is 302 g/mol. The highest BCUT2D eigenvalue weighted by atomic mass is 35.5. The van der Waals surface area contributed by atoms with Gasteiger partial charge in [-0.25, -0.2) is 0 Å². The van der Waals surface area contributed by atoms with E-state index in [2.05, 4.69) is 20.4 Å². The molecular formula is C12H16Cl2N4O. The Labute approximate surface area is 124 Å². The van der Waals surface area contributed by atoms with E-state index < -0.39 is 0 Å². The van der Waals surface area contributed by atoms with Crippen LogP contribution in [0.2, 0.25) is 0 Å². The van der Waals surface area contributed by atoms with Gasteiger partial charge in [-0.1, -0.05) is 5.16 Å². The zero-order valence-electron chi connectivity index (χ0n) is 10.3. The molecule has 0 aromatic carbocycles. The summed E-state index contributed by atoms with van der Waals surface area (Å²) in [6.45, 7) is 2.01. The maximum atomic E-state index is 5.33. The summed E-state index contributed by atoms with van der Waals surface area (Å²) in [5.74, 6) is 1.70. The summed E-state index contributed by atoms with van der Waals surface area (Å²) in [5, 5.41) is 7.35. The van der Waals surface area contributed by atoms with Crippen LogP contribution in [0.3, 0.4) is 0 Å². The van der Waals surface area contributed by atoms with Crippen molar-refractivity contribution in [3.05, 3.63) is 30.4 Å². The van der Waals surface area contributed by atoms with Crippen molar-refractivity contribution in [3.63, 3.8) is 0 Å². The van der Waals surface area contributed by atoms with Crippen molar-refractivity contribution in [2.75, 3.05) is 13.1 Å². The maximum absolute atomic E-state index is 5.33. The number of nitrogens with one attached hydrogen (secondary N) is 1. The third-order valence-electron chi connectivity index (χ3n) is 3.01. The summed E-state index contributed by atoms with van der Waals surface area (Å²) in [7, 11) is 0. The summed E-state index contributed by atoms with van der Waals surface area (Å²) < 4.78 is 5.33. The second-order valence-corrected chi connectivity index (χ2v) is 4.24. The van der Waals surface area contributed by atoms with E-state index in [0.29, 0.717) is 11.7 Å². The Kier molecular flexibility index (Phi) is 6.21. The van der Waals surface area contributed by atoms with E-state index in [0.717, 1.165) is 37.4 Å². The highest BCUT2D eigenvalue weighted by molar-refractivity contribution is 5.85. The van der Waals surface area contributed by atoms with Crippen LogP contribution in [-0.4, -0.2) is 28.2 Å². The molecule has 1 aliphatic rings. The summed E-state index contributed by atoms with van der Waals surface area (Å²) in [6, 6.07) is 3.80. The van der Waals surface area contributed by atoms with Crippen molar-refractivity contribution in [3.8, 4) is 11.4 Å². The molecule has 0 spiro atoms. The predicted molar refractivity (Wildman–Crippen MR) is 76.9 cm³/mol. The first-order valence-electron chi connectivity index (χ1n) is 5.88. The molecule has 2 aromatic rings. The van der Waals surface area contributed by atoms with Crippen molar-refractivity contribution in [1.29, 1.82) is 0 Å². The van der Waals surface area contributed by atoms with Crippen molar-refractivity contribution < 1.29 is 4.52 Å². The lowest BCUT2D eigenvalue weighted by atomic mass is 10.00. The second-order valence-electron chi connectivity index (χ2n) is 4.24. The number of hydrogen-bond acceptors (Lipinski definition) is 5. The van der Waals surface area contributed by atoms with Gasteiger partial charge in [0.05, 0.1) is 5.92 Å². The van der Waals surface area contributed by atoms with E-state index in [9.17, 15) is 0 Å². The smallest absolute Gasteiger partial charge is 0.231 e. The van der Waals surface area contributed by atoms with Crippen molar-refractivity contribution in [1.82, 2.24) is 20.4 Å². The molecule has 0 saturated carbocycles. The Balaban J connectivity index is 0.000000902. The SMILES string of the molecule is Cl.Cl.c1cncc(-c2noc([C@H]3CCCNC3)n2)c1. The van der Waals surface area contributed by atoms with Crippen LogP contribution in [0, 0.1) is 0 Å². The molecule has 0 amide bonds. The minimum Gasteiger partial charge on any atom is -0.339 e. The van der Waals surface area contributed by atoms with Gasteiger partial charge in [-0.15, -0.1) is 24.8 Å². The molecule has 1 fully saturated rings. The Morgan fingerprint density at radius 1 is 1.32 bits per heavy atom. The van der Waals surface area contributed by atoms with E-state index in [1.807, 2.05) is 12.1 Å². The summed E-state index contributed by atoms with van der Waals surface area (Å²) >= 11 is 0. The van der Waals surface area contributed by atoms with E-state index in [1.54, 1.807) is 12.4 Å². The molecule has 2 aromatic heterocycles. The normalized spacial score (nSPS) is 18.2. The zero-order chi connectivity index (χ0) is 11.5. The lowest BCUT2D eigenvalue weighted by molar-refractivity contribution is 0.322. The van der Waals surface area contributed by atoms with E-state index in [-0.39, 0.29) is 24.8 Å². The van der Waals surface area contributed by atoms with Crippen LogP contribution in [-0.2, 0) is 0 Å². The van der Waals surface area contributed by atoms with Crippen molar-refractivity contribution in [2.45, 2.75) is 18.8 Å². The van der Waals surface area contributed by atoms with Crippen LogP contribution >= 0.6 is 24.8 Å². The van der Waals surface area contributed by atoms with Crippen LogP contribution in [0.4, 0.5) is 0 Å². The number of hydrogen-bond donors (Lipinski definition) is 1. The largest absolute Gasteiger partial charge is 0.339 e. The first kappa shape index (κ1) is 15.9. The minimum absolute atomic E-state index is 0. The molecule has 5 nitrogen and oxygen atoms in total. The van der Waals surface area contributed by atoms with Crippen LogP contribution in [0.1, 0.15) is 24.7 Å². The first-order chi connectivity index (χ1) is 8.43. The molecule has 1 aliphatic heterocycles. The Bertz CT molecular complexity index is 485. The van der Waals surface area contributed by atoms with Crippen molar-refractivity contribution in [2.24, 2.45) is 0 Å². The molecule has 3 heterocycles. The molecule has 1 atom stereocenters. The van der Waals surface area contributed by atoms with Crippen LogP contribution in [0.5, 0.6) is 0 Å². The summed E-state index contributed by atoms with van der Waals surface area (Å²) in [6.07, 6.45) is 5.75. The quantitative estimate of drug-likeness (QED) is 0.923. The molecule has 1 saturated heterocycles. The van der Waals surface area contributed by atoms with Gasteiger partial charge in [0.1, 0.15) is 0 Å². The lowest BCUT2D eigenvalue weighted by Gasteiger charge is -2.18. The molecule has 19 heavy (non-hydrogen) atoms. The molecule has 0 bridgehead atoms. The highest BCUT2D eigenvalue weighted by Crippen LogP contribution is 2.23. The van der Waals surface area contributed by atoms with Gasteiger partial charge in [-0.3, -0.25) is 4.98 Å². The molecule has 1 N–H and O–H groups in total. The standard InChI is InChI=1S/C12H14N4O.2ClH/c1-3-9(7-13-5-1)11-15-12(17-16-11)10-4-2-6-14-8-10;;/h1,3,5,7,10,14H,2,4,6,8H2;2*1H/t10-;;/m0../s1. The number of pyridine rings is 1. The van der Waals surface area contributed by atoms with Gasteiger partial charge in [-0.05, 0) is 31.5 Å². The molecule has 3 rings (SSSR count). The Hall–Kier alpha value is -1.17. The van der Waals surface area contributed by atoms with Crippen molar-refractivity contribution >= 4 is 24.8 Å². The van der Waals surface area contributed by atoms with Gasteiger partial charge in [-0.2, -0.15) is 4.98 Å². The number of rotatable bonds is 2. The minimum atomic E-state index is 0. The van der Waals surface area contributed by atoms with Gasteiger partial charge >= 0.3 is 0 Å². The van der Waals surface area contributed by atoms with Gasteiger partial charge in [0.15, 0.2) is 0 Å². The summed E-state index contributed by atoms with van der Waals surface area (Å²) in [5.41, 5.74) is 0.895. The average molecular weight is 303 g/mol. The fourth-order valence-electron chi connectivity index (χ4n) is 2.08. The van der Waals surface area contributed by atoms with Crippen LogP contribution in [0.25, 0.3) is 11.4 Å². The highest BCUT2D eigenvalue weighted by Gasteiger charge is 2.21. The molecule has 0 aliphatic carbocycles. The topological polar surface area (TPSA) is 63.8 Å². The molecule has 7 heteroatoms. The third kappa shape index (κ3) is 3.65. The van der Waals surface area contributed by atoms with E-state index in [1.165, 1.54) is 0 Å². The Morgan fingerprint density at radius 2 is 2.21 bits per heavy atom.